The highest BCUT2D eigenvalue weighted by Crippen LogP contribution is 2.30. The second-order valence-electron chi connectivity index (χ2n) is 9.22. The van der Waals surface area contributed by atoms with Gasteiger partial charge in [0.05, 0.1) is 23.9 Å². The van der Waals surface area contributed by atoms with Crippen LogP contribution in [0.15, 0.2) is 30.3 Å². The molecule has 1 aliphatic rings. The Labute approximate surface area is 207 Å². The topological polar surface area (TPSA) is 101 Å². The van der Waals surface area contributed by atoms with Crippen molar-refractivity contribution in [3.63, 3.8) is 0 Å². The molecule has 3 N–H and O–H groups in total. The van der Waals surface area contributed by atoms with E-state index in [1.165, 1.54) is 0 Å². The standard InChI is InChI=1S/C26H37N7O2/c1-5-21-20-16-24-29-23(28-12-11-27)17-25(33(24)30-20)31(3)13-7-6-8-14-35-22-10-9-18(2)15-19(22)26(34)32(21)4/h9-10,15-17,21H,5-8,11-14,27H2,1-4H3,(H,28,29). The van der Waals surface area contributed by atoms with Crippen molar-refractivity contribution in [1.29, 1.82) is 0 Å². The Morgan fingerprint density at radius 2 is 2.00 bits per heavy atom. The summed E-state index contributed by atoms with van der Waals surface area (Å²) in [6.07, 6.45) is 3.68. The molecule has 2 bridgehead atoms. The number of amides is 1. The molecule has 0 radical (unpaired) electrons. The molecule has 1 amide bonds. The number of fused-ring (bicyclic) bond motifs is 2. The van der Waals surface area contributed by atoms with E-state index in [-0.39, 0.29) is 11.9 Å². The SMILES string of the molecule is CCC1c2cc3nc(NCCN)cc(n3n2)N(C)CCCCCOc2ccc(C)cc2C(=O)N1C. The number of hydrogen-bond acceptors (Lipinski definition) is 7. The number of benzene rings is 1. The van der Waals surface area contributed by atoms with Crippen LogP contribution in [0.3, 0.4) is 0 Å². The average molecular weight is 480 g/mol. The van der Waals surface area contributed by atoms with Crippen LogP contribution in [0.1, 0.15) is 60.3 Å². The van der Waals surface area contributed by atoms with Gasteiger partial charge < -0.3 is 25.6 Å². The van der Waals surface area contributed by atoms with Crippen LogP contribution in [0.4, 0.5) is 11.6 Å². The third-order valence-corrected chi connectivity index (χ3v) is 6.55. The summed E-state index contributed by atoms with van der Waals surface area (Å²) in [5.74, 6) is 2.29. The highest BCUT2D eigenvalue weighted by molar-refractivity contribution is 5.97. The summed E-state index contributed by atoms with van der Waals surface area (Å²) in [6.45, 7) is 6.69. The number of aromatic nitrogens is 3. The molecule has 9 nitrogen and oxygen atoms in total. The van der Waals surface area contributed by atoms with E-state index in [2.05, 4.69) is 24.2 Å². The summed E-state index contributed by atoms with van der Waals surface area (Å²) in [4.78, 5) is 22.4. The smallest absolute Gasteiger partial charge is 0.257 e. The van der Waals surface area contributed by atoms with Crippen molar-refractivity contribution in [2.45, 2.75) is 45.6 Å². The lowest BCUT2D eigenvalue weighted by Gasteiger charge is -2.27. The third kappa shape index (κ3) is 5.35. The summed E-state index contributed by atoms with van der Waals surface area (Å²) < 4.78 is 7.97. The number of nitrogens with zero attached hydrogens (tertiary/aromatic N) is 5. The van der Waals surface area contributed by atoms with Gasteiger partial charge in [0.15, 0.2) is 5.65 Å². The van der Waals surface area contributed by atoms with Gasteiger partial charge in [-0.3, -0.25) is 4.79 Å². The highest BCUT2D eigenvalue weighted by Gasteiger charge is 2.27. The maximum Gasteiger partial charge on any atom is 0.257 e. The normalized spacial score (nSPS) is 17.5. The lowest BCUT2D eigenvalue weighted by Crippen LogP contribution is -2.32. The Morgan fingerprint density at radius 3 is 2.77 bits per heavy atom. The monoisotopic (exact) mass is 479 g/mol. The molecule has 3 heterocycles. The zero-order valence-electron chi connectivity index (χ0n) is 21.3. The number of nitrogens with one attached hydrogen (secondary N) is 1. The van der Waals surface area contributed by atoms with Crippen molar-refractivity contribution in [2.75, 3.05) is 50.6 Å². The van der Waals surface area contributed by atoms with Gasteiger partial charge in [0.2, 0.25) is 0 Å². The fraction of sp³-hybridized carbons (Fsp3) is 0.500. The van der Waals surface area contributed by atoms with E-state index in [1.807, 2.05) is 48.8 Å². The van der Waals surface area contributed by atoms with Crippen LogP contribution in [-0.2, 0) is 0 Å². The van der Waals surface area contributed by atoms with Crippen LogP contribution in [0.2, 0.25) is 0 Å². The second kappa shape index (κ2) is 10.9. The number of anilines is 2. The molecule has 0 fully saturated rings. The largest absolute Gasteiger partial charge is 0.493 e. The van der Waals surface area contributed by atoms with Crippen molar-refractivity contribution in [3.05, 3.63) is 47.2 Å². The Hall–Kier alpha value is -3.33. The van der Waals surface area contributed by atoms with Gasteiger partial charge in [-0.05, 0) is 44.7 Å². The molecule has 3 aromatic rings. The quantitative estimate of drug-likeness (QED) is 0.589. The lowest BCUT2D eigenvalue weighted by molar-refractivity contribution is 0.0718. The maximum atomic E-state index is 13.7. The Bertz CT molecular complexity index is 1180. The molecule has 0 aliphatic carbocycles. The molecule has 0 saturated carbocycles. The first-order valence-corrected chi connectivity index (χ1v) is 12.5. The van der Waals surface area contributed by atoms with Crippen LogP contribution in [0.5, 0.6) is 5.75 Å². The minimum Gasteiger partial charge on any atom is -0.493 e. The van der Waals surface area contributed by atoms with E-state index < -0.39 is 0 Å². The van der Waals surface area contributed by atoms with Crippen molar-refractivity contribution < 1.29 is 9.53 Å². The van der Waals surface area contributed by atoms with Gasteiger partial charge in [-0.25, -0.2) is 4.98 Å². The van der Waals surface area contributed by atoms with Crippen molar-refractivity contribution in [2.24, 2.45) is 5.73 Å². The number of hydrogen-bond donors (Lipinski definition) is 2. The van der Waals surface area contributed by atoms with E-state index in [4.69, 9.17) is 20.6 Å². The number of carbonyl (C=O) groups is 1. The molecule has 0 saturated heterocycles. The van der Waals surface area contributed by atoms with Crippen molar-refractivity contribution in [3.8, 4) is 5.75 Å². The summed E-state index contributed by atoms with van der Waals surface area (Å²) in [5, 5.41) is 8.24. The molecule has 4 rings (SSSR count). The average Bonchev–Trinajstić information content (AvgIpc) is 3.27. The van der Waals surface area contributed by atoms with Crippen LogP contribution in [0.25, 0.3) is 5.65 Å². The number of nitrogens with two attached hydrogens (primary N) is 1. The number of rotatable bonds is 4. The van der Waals surface area contributed by atoms with Crippen LogP contribution in [0, 0.1) is 6.92 Å². The molecule has 188 valence electrons. The van der Waals surface area contributed by atoms with E-state index >= 15 is 0 Å². The predicted octanol–water partition coefficient (Wildman–Crippen LogP) is 3.63. The zero-order valence-corrected chi connectivity index (χ0v) is 21.3. The van der Waals surface area contributed by atoms with Gasteiger partial charge in [0.1, 0.15) is 17.4 Å². The van der Waals surface area contributed by atoms with Crippen molar-refractivity contribution >= 4 is 23.2 Å². The Morgan fingerprint density at radius 1 is 1.17 bits per heavy atom. The summed E-state index contributed by atoms with van der Waals surface area (Å²) in [5.41, 5.74) is 8.87. The zero-order chi connectivity index (χ0) is 24.9. The van der Waals surface area contributed by atoms with E-state index in [9.17, 15) is 4.79 Å². The summed E-state index contributed by atoms with van der Waals surface area (Å²) >= 11 is 0. The molecule has 1 aromatic carbocycles. The first kappa shape index (κ1) is 24.8. The molecule has 2 aromatic heterocycles. The minimum atomic E-state index is -0.205. The molecular formula is C26H37N7O2. The van der Waals surface area contributed by atoms with E-state index in [1.54, 1.807) is 4.90 Å². The molecule has 1 unspecified atom stereocenters. The Kier molecular flexibility index (Phi) is 7.75. The fourth-order valence-electron chi connectivity index (χ4n) is 4.58. The minimum absolute atomic E-state index is 0.0738. The van der Waals surface area contributed by atoms with Gasteiger partial charge in [-0.1, -0.05) is 18.6 Å². The van der Waals surface area contributed by atoms with Crippen LogP contribution >= 0.6 is 0 Å². The van der Waals surface area contributed by atoms with Gasteiger partial charge in [-0.15, -0.1) is 0 Å². The fourth-order valence-corrected chi connectivity index (χ4v) is 4.58. The van der Waals surface area contributed by atoms with Gasteiger partial charge in [0, 0.05) is 45.9 Å². The lowest BCUT2D eigenvalue weighted by atomic mass is 10.1. The second-order valence-corrected chi connectivity index (χ2v) is 9.22. The first-order chi connectivity index (χ1) is 16.9. The van der Waals surface area contributed by atoms with Crippen molar-refractivity contribution in [1.82, 2.24) is 19.5 Å². The third-order valence-electron chi connectivity index (χ3n) is 6.55. The molecule has 1 aliphatic heterocycles. The van der Waals surface area contributed by atoms with Crippen LogP contribution in [-0.4, -0.2) is 65.7 Å². The molecular weight excluding hydrogens is 442 g/mol. The Balaban J connectivity index is 1.80. The van der Waals surface area contributed by atoms with E-state index in [0.29, 0.717) is 31.0 Å². The first-order valence-electron chi connectivity index (χ1n) is 12.5. The molecule has 35 heavy (non-hydrogen) atoms. The number of ether oxygens (including phenoxy) is 1. The maximum absolute atomic E-state index is 13.7. The highest BCUT2D eigenvalue weighted by atomic mass is 16.5. The van der Waals surface area contributed by atoms with Gasteiger partial charge >= 0.3 is 0 Å². The molecule has 9 heteroatoms. The van der Waals surface area contributed by atoms with Gasteiger partial charge in [0.25, 0.3) is 5.91 Å². The van der Waals surface area contributed by atoms with E-state index in [0.717, 1.165) is 60.8 Å². The van der Waals surface area contributed by atoms with Crippen LogP contribution < -0.4 is 20.7 Å². The summed E-state index contributed by atoms with van der Waals surface area (Å²) in [7, 11) is 3.92. The molecule has 1 atom stereocenters. The number of aryl methyl sites for hydroxylation is 1. The van der Waals surface area contributed by atoms with Gasteiger partial charge in [-0.2, -0.15) is 9.61 Å². The predicted molar refractivity (Wildman–Crippen MR) is 139 cm³/mol. The number of carbonyl (C=O) groups excluding carboxylic acids is 1. The molecule has 0 spiro atoms. The summed E-state index contributed by atoms with van der Waals surface area (Å²) in [6, 6.07) is 9.60.